The van der Waals surface area contributed by atoms with Gasteiger partial charge < -0.3 is 15.2 Å². The Morgan fingerprint density at radius 3 is 2.50 bits per heavy atom. The number of carboxylic acid groups (broad SMARTS) is 1. The van der Waals surface area contributed by atoms with Crippen LogP contribution in [-0.2, 0) is 9.59 Å². The highest BCUT2D eigenvalue weighted by molar-refractivity contribution is 7.17. The Kier molecular flexibility index (Phi) is 5.35. The molecule has 0 aliphatic carbocycles. The number of nitrogens with zero attached hydrogens (tertiary/aromatic N) is 1. The van der Waals surface area contributed by atoms with E-state index in [1.54, 1.807) is 19.2 Å². The van der Waals surface area contributed by atoms with E-state index in [4.69, 9.17) is 9.84 Å². The van der Waals surface area contributed by atoms with Crippen LogP contribution in [0.3, 0.4) is 0 Å². The highest BCUT2D eigenvalue weighted by atomic mass is 32.1. The number of ether oxygens (including phenoxy) is 1. The molecular weight excluding hydrogens is 328 g/mol. The van der Waals surface area contributed by atoms with Gasteiger partial charge in [-0.3, -0.25) is 4.79 Å². The van der Waals surface area contributed by atoms with E-state index in [9.17, 15) is 14.9 Å². The Bertz CT molecular complexity index is 845. The van der Waals surface area contributed by atoms with Crippen molar-refractivity contribution in [2.24, 2.45) is 0 Å². The van der Waals surface area contributed by atoms with E-state index in [1.807, 2.05) is 19.1 Å². The van der Waals surface area contributed by atoms with Crippen LogP contribution in [0.2, 0.25) is 0 Å². The summed E-state index contributed by atoms with van der Waals surface area (Å²) in [6.45, 7) is 1.85. The first-order valence-corrected chi connectivity index (χ1v) is 7.67. The monoisotopic (exact) mass is 342 g/mol. The van der Waals surface area contributed by atoms with Gasteiger partial charge in [0.2, 0.25) is 5.91 Å². The van der Waals surface area contributed by atoms with Crippen molar-refractivity contribution < 1.29 is 19.4 Å². The zero-order chi connectivity index (χ0) is 17.7. The number of methoxy groups -OCH3 is 1. The topological polar surface area (TPSA) is 99.4 Å². The van der Waals surface area contributed by atoms with Gasteiger partial charge in [-0.2, -0.15) is 5.26 Å². The molecule has 1 heterocycles. The number of hydrogen-bond donors (Lipinski definition) is 2. The molecule has 0 aliphatic heterocycles. The standard InChI is InChI=1S/C17H14N2O4S/c1-10-16(11-3-5-12(23-2)6-4-11)13(9-18)17(24-10)19-14(20)7-8-15(21)22/h3-8H,1-2H3,(H,19,20)(H,21,22)/b8-7+. The first-order valence-electron chi connectivity index (χ1n) is 6.86. The van der Waals surface area contributed by atoms with Gasteiger partial charge in [0.1, 0.15) is 16.8 Å². The number of nitriles is 1. The van der Waals surface area contributed by atoms with Crippen LogP contribution in [0.25, 0.3) is 11.1 Å². The Labute approximate surface area is 142 Å². The number of anilines is 1. The molecule has 2 aromatic rings. The number of nitrogens with one attached hydrogen (secondary N) is 1. The average Bonchev–Trinajstić information content (AvgIpc) is 2.88. The van der Waals surface area contributed by atoms with E-state index in [2.05, 4.69) is 11.4 Å². The second-order valence-corrected chi connectivity index (χ2v) is 5.96. The van der Waals surface area contributed by atoms with Crippen molar-refractivity contribution in [1.82, 2.24) is 0 Å². The molecule has 7 heteroatoms. The molecule has 2 N–H and O–H groups in total. The molecule has 0 aliphatic rings. The van der Waals surface area contributed by atoms with Crippen LogP contribution < -0.4 is 10.1 Å². The van der Waals surface area contributed by atoms with Crippen molar-refractivity contribution in [2.45, 2.75) is 6.92 Å². The maximum absolute atomic E-state index is 11.7. The third kappa shape index (κ3) is 3.80. The number of rotatable bonds is 5. The van der Waals surface area contributed by atoms with E-state index in [-0.39, 0.29) is 0 Å². The third-order valence-electron chi connectivity index (χ3n) is 3.19. The van der Waals surface area contributed by atoms with Gasteiger partial charge in [0.15, 0.2) is 0 Å². The Hall–Kier alpha value is -3.11. The number of carbonyl (C=O) groups is 2. The number of aryl methyl sites for hydroxylation is 1. The molecule has 1 aromatic heterocycles. The molecule has 1 aromatic carbocycles. The normalized spacial score (nSPS) is 10.4. The first-order chi connectivity index (χ1) is 11.5. The van der Waals surface area contributed by atoms with Gasteiger partial charge in [-0.1, -0.05) is 12.1 Å². The van der Waals surface area contributed by atoms with Gasteiger partial charge in [-0.05, 0) is 24.6 Å². The smallest absolute Gasteiger partial charge is 0.328 e. The first kappa shape index (κ1) is 17.2. The van der Waals surface area contributed by atoms with Crippen molar-refractivity contribution in [3.63, 3.8) is 0 Å². The highest BCUT2D eigenvalue weighted by Gasteiger charge is 2.18. The molecule has 0 radical (unpaired) electrons. The average molecular weight is 342 g/mol. The van der Waals surface area contributed by atoms with E-state index < -0.39 is 11.9 Å². The van der Waals surface area contributed by atoms with Crippen molar-refractivity contribution in [3.05, 3.63) is 46.9 Å². The number of carbonyl (C=O) groups excluding carboxylic acids is 1. The molecule has 122 valence electrons. The maximum Gasteiger partial charge on any atom is 0.328 e. The molecule has 0 unspecified atom stereocenters. The second kappa shape index (κ2) is 7.44. The summed E-state index contributed by atoms with van der Waals surface area (Å²) < 4.78 is 5.12. The molecule has 0 bridgehead atoms. The highest BCUT2D eigenvalue weighted by Crippen LogP contribution is 2.39. The maximum atomic E-state index is 11.7. The molecule has 6 nitrogen and oxygen atoms in total. The van der Waals surface area contributed by atoms with Crippen LogP contribution in [0, 0.1) is 18.3 Å². The lowest BCUT2D eigenvalue weighted by molar-refractivity contribution is -0.131. The molecule has 0 saturated carbocycles. The lowest BCUT2D eigenvalue weighted by Gasteiger charge is -2.04. The Morgan fingerprint density at radius 2 is 1.96 bits per heavy atom. The van der Waals surface area contributed by atoms with E-state index in [0.29, 0.717) is 16.3 Å². The molecule has 0 atom stereocenters. The predicted octanol–water partition coefficient (Wildman–Crippen LogP) is 3.18. The van der Waals surface area contributed by atoms with Crippen LogP contribution in [-0.4, -0.2) is 24.1 Å². The Morgan fingerprint density at radius 1 is 1.29 bits per heavy atom. The van der Waals surface area contributed by atoms with Gasteiger partial charge in [-0.25, -0.2) is 4.79 Å². The quantitative estimate of drug-likeness (QED) is 0.813. The fraction of sp³-hybridized carbons (Fsp3) is 0.118. The van der Waals surface area contributed by atoms with Crippen molar-refractivity contribution in [2.75, 3.05) is 12.4 Å². The summed E-state index contributed by atoms with van der Waals surface area (Å²) in [5.74, 6) is -1.11. The summed E-state index contributed by atoms with van der Waals surface area (Å²) in [4.78, 5) is 23.1. The number of hydrogen-bond acceptors (Lipinski definition) is 5. The number of carboxylic acids is 1. The SMILES string of the molecule is COc1ccc(-c2c(C)sc(NC(=O)/C=C/C(=O)O)c2C#N)cc1. The molecule has 0 saturated heterocycles. The van der Waals surface area contributed by atoms with Crippen LogP contribution in [0.5, 0.6) is 5.75 Å². The molecule has 1 amide bonds. The number of thiophene rings is 1. The van der Waals surface area contributed by atoms with E-state index in [0.717, 1.165) is 28.2 Å². The van der Waals surface area contributed by atoms with Gasteiger partial charge in [0.05, 0.1) is 12.7 Å². The van der Waals surface area contributed by atoms with Crippen molar-refractivity contribution >= 4 is 28.2 Å². The third-order valence-corrected chi connectivity index (χ3v) is 4.21. The number of aliphatic carboxylic acids is 1. The van der Waals surface area contributed by atoms with Crippen molar-refractivity contribution in [1.29, 1.82) is 5.26 Å². The van der Waals surface area contributed by atoms with Gasteiger partial charge in [0, 0.05) is 22.6 Å². The minimum atomic E-state index is -1.22. The summed E-state index contributed by atoms with van der Waals surface area (Å²) in [6.07, 6.45) is 1.65. The summed E-state index contributed by atoms with van der Waals surface area (Å²) in [5, 5.41) is 21.0. The molecular formula is C17H14N2O4S. The summed E-state index contributed by atoms with van der Waals surface area (Å²) >= 11 is 1.27. The van der Waals surface area contributed by atoms with Crippen LogP contribution >= 0.6 is 11.3 Å². The second-order valence-electron chi connectivity index (χ2n) is 4.74. The van der Waals surface area contributed by atoms with E-state index in [1.165, 1.54) is 11.3 Å². The molecule has 0 spiro atoms. The fourth-order valence-electron chi connectivity index (χ4n) is 2.15. The number of benzene rings is 1. The van der Waals surface area contributed by atoms with Crippen LogP contribution in [0.4, 0.5) is 5.00 Å². The fourth-order valence-corrected chi connectivity index (χ4v) is 3.17. The van der Waals surface area contributed by atoms with Gasteiger partial charge in [-0.15, -0.1) is 11.3 Å². The summed E-state index contributed by atoms with van der Waals surface area (Å²) in [7, 11) is 1.57. The van der Waals surface area contributed by atoms with Crippen molar-refractivity contribution in [3.8, 4) is 22.9 Å². The summed E-state index contributed by atoms with van der Waals surface area (Å²) in [6, 6.07) is 9.37. The number of amides is 1. The van der Waals surface area contributed by atoms with Crippen LogP contribution in [0.15, 0.2) is 36.4 Å². The zero-order valence-electron chi connectivity index (χ0n) is 13.0. The van der Waals surface area contributed by atoms with Crippen LogP contribution in [0.1, 0.15) is 10.4 Å². The summed E-state index contributed by atoms with van der Waals surface area (Å²) in [5.41, 5.74) is 1.92. The largest absolute Gasteiger partial charge is 0.497 e. The predicted molar refractivity (Wildman–Crippen MR) is 91.2 cm³/mol. The van der Waals surface area contributed by atoms with Gasteiger partial charge >= 0.3 is 5.97 Å². The minimum absolute atomic E-state index is 0.347. The zero-order valence-corrected chi connectivity index (χ0v) is 13.8. The molecule has 24 heavy (non-hydrogen) atoms. The lowest BCUT2D eigenvalue weighted by Crippen LogP contribution is -2.08. The Balaban J connectivity index is 2.37. The molecule has 0 fully saturated rings. The lowest BCUT2D eigenvalue weighted by atomic mass is 10.0. The van der Waals surface area contributed by atoms with Gasteiger partial charge in [0.25, 0.3) is 0 Å². The minimum Gasteiger partial charge on any atom is -0.497 e. The molecule has 2 rings (SSSR count). The van der Waals surface area contributed by atoms with E-state index >= 15 is 0 Å².